The van der Waals surface area contributed by atoms with E-state index < -0.39 is 4.92 Å². The smallest absolute Gasteiger partial charge is 0.329 e. The highest BCUT2D eigenvalue weighted by Crippen LogP contribution is 2.24. The first kappa shape index (κ1) is 15.4. The largest absolute Gasteiger partial charge is 0.360 e. The summed E-state index contributed by atoms with van der Waals surface area (Å²) in [6, 6.07) is 0.177. The summed E-state index contributed by atoms with van der Waals surface area (Å²) in [4.78, 5) is 21.1. The number of nitrogens with one attached hydrogen (secondary N) is 2. The fourth-order valence-electron chi connectivity index (χ4n) is 2.41. The molecular formula is C13H22N6O2. The number of nitrogens with zero attached hydrogens (tertiary/aromatic N) is 4. The third-order valence-electron chi connectivity index (χ3n) is 3.46. The molecular weight excluding hydrogens is 272 g/mol. The Hall–Kier alpha value is -1.96. The number of rotatable bonds is 6. The normalized spacial score (nSPS) is 19.2. The number of hydrogen-bond acceptors (Lipinski definition) is 7. The molecule has 0 aromatic carbocycles. The summed E-state index contributed by atoms with van der Waals surface area (Å²) in [5.74, 6) is 0.725. The third kappa shape index (κ3) is 4.25. The van der Waals surface area contributed by atoms with Crippen LogP contribution in [-0.4, -0.2) is 52.5 Å². The van der Waals surface area contributed by atoms with Crippen molar-refractivity contribution < 1.29 is 4.92 Å². The lowest BCUT2D eigenvalue weighted by atomic mass is 10.1. The van der Waals surface area contributed by atoms with Gasteiger partial charge in [-0.25, -0.2) is 4.98 Å². The lowest BCUT2D eigenvalue weighted by Gasteiger charge is -2.30. The molecule has 21 heavy (non-hydrogen) atoms. The van der Waals surface area contributed by atoms with Gasteiger partial charge in [0.05, 0.1) is 4.92 Å². The van der Waals surface area contributed by atoms with Gasteiger partial charge in [0.25, 0.3) is 0 Å². The molecule has 116 valence electrons. The first-order valence-corrected chi connectivity index (χ1v) is 7.30. The molecule has 2 N–H and O–H groups in total. The molecule has 1 fully saturated rings. The monoisotopic (exact) mass is 294 g/mol. The highest BCUT2D eigenvalue weighted by atomic mass is 16.6. The van der Waals surface area contributed by atoms with E-state index in [4.69, 9.17) is 0 Å². The zero-order valence-corrected chi connectivity index (χ0v) is 12.5. The van der Waals surface area contributed by atoms with Gasteiger partial charge in [0, 0.05) is 19.1 Å². The van der Waals surface area contributed by atoms with Gasteiger partial charge in [-0.1, -0.05) is 6.92 Å². The van der Waals surface area contributed by atoms with Crippen LogP contribution in [0.3, 0.4) is 0 Å². The van der Waals surface area contributed by atoms with Crippen LogP contribution in [-0.2, 0) is 0 Å². The van der Waals surface area contributed by atoms with E-state index in [1.807, 2.05) is 6.92 Å². The van der Waals surface area contributed by atoms with Crippen LogP contribution in [0.2, 0.25) is 0 Å². The van der Waals surface area contributed by atoms with Crippen LogP contribution >= 0.6 is 0 Å². The molecule has 1 saturated heterocycles. The van der Waals surface area contributed by atoms with Gasteiger partial charge in [-0.3, -0.25) is 10.1 Å². The Morgan fingerprint density at radius 1 is 1.57 bits per heavy atom. The molecule has 8 nitrogen and oxygen atoms in total. The van der Waals surface area contributed by atoms with Gasteiger partial charge in [-0.15, -0.1) is 0 Å². The SMILES string of the molecule is CCCNc1ncc([N+](=O)[O-])c(NC2CCCN(C)C2)n1. The van der Waals surface area contributed by atoms with Crippen molar-refractivity contribution >= 4 is 17.5 Å². The molecule has 0 amide bonds. The lowest BCUT2D eigenvalue weighted by Crippen LogP contribution is -2.40. The van der Waals surface area contributed by atoms with Crippen molar-refractivity contribution in [1.82, 2.24) is 14.9 Å². The highest BCUT2D eigenvalue weighted by Gasteiger charge is 2.23. The minimum absolute atomic E-state index is 0.0784. The fraction of sp³-hybridized carbons (Fsp3) is 0.692. The van der Waals surface area contributed by atoms with E-state index in [0.717, 1.165) is 38.9 Å². The minimum atomic E-state index is -0.446. The van der Waals surface area contributed by atoms with Crippen LogP contribution in [0.15, 0.2) is 6.20 Å². The summed E-state index contributed by atoms with van der Waals surface area (Å²) in [5, 5.41) is 17.4. The van der Waals surface area contributed by atoms with E-state index >= 15 is 0 Å². The minimum Gasteiger partial charge on any atom is -0.360 e. The number of likely N-dealkylation sites (N-methyl/N-ethyl adjacent to an activating group) is 1. The van der Waals surface area contributed by atoms with Gasteiger partial charge in [0.2, 0.25) is 11.8 Å². The van der Waals surface area contributed by atoms with Gasteiger partial charge >= 0.3 is 5.69 Å². The fourth-order valence-corrected chi connectivity index (χ4v) is 2.41. The van der Waals surface area contributed by atoms with E-state index in [1.165, 1.54) is 6.20 Å². The Morgan fingerprint density at radius 2 is 2.38 bits per heavy atom. The number of hydrogen-bond donors (Lipinski definition) is 2. The molecule has 0 aliphatic carbocycles. The number of piperidine rings is 1. The summed E-state index contributed by atoms with van der Waals surface area (Å²) in [6.07, 6.45) is 4.27. The topological polar surface area (TPSA) is 96.2 Å². The molecule has 1 aromatic heterocycles. The molecule has 1 aromatic rings. The third-order valence-corrected chi connectivity index (χ3v) is 3.46. The van der Waals surface area contributed by atoms with Crippen molar-refractivity contribution in [1.29, 1.82) is 0 Å². The van der Waals surface area contributed by atoms with Crippen LogP contribution in [0.25, 0.3) is 0 Å². The van der Waals surface area contributed by atoms with Crippen molar-refractivity contribution in [2.24, 2.45) is 0 Å². The Kier molecular flexibility index (Phi) is 5.26. The van der Waals surface area contributed by atoms with E-state index in [2.05, 4.69) is 32.5 Å². The Balaban J connectivity index is 2.15. The first-order valence-electron chi connectivity index (χ1n) is 7.30. The molecule has 0 spiro atoms. The maximum Gasteiger partial charge on any atom is 0.329 e. The van der Waals surface area contributed by atoms with Crippen LogP contribution in [0, 0.1) is 10.1 Å². The van der Waals surface area contributed by atoms with Gasteiger partial charge in [0.15, 0.2) is 0 Å². The lowest BCUT2D eigenvalue weighted by molar-refractivity contribution is -0.384. The van der Waals surface area contributed by atoms with Gasteiger partial charge in [-0.05, 0) is 32.9 Å². The molecule has 1 unspecified atom stereocenters. The Morgan fingerprint density at radius 3 is 3.05 bits per heavy atom. The van der Waals surface area contributed by atoms with Crippen molar-refractivity contribution in [2.75, 3.05) is 37.3 Å². The van der Waals surface area contributed by atoms with E-state index in [0.29, 0.717) is 11.8 Å². The molecule has 1 aliphatic rings. The molecule has 8 heteroatoms. The standard InChI is InChI=1S/C13H22N6O2/c1-3-6-14-13-15-8-11(19(20)21)12(17-13)16-10-5-4-7-18(2)9-10/h8,10H,3-7,9H2,1-2H3,(H2,14,15,16,17). The molecule has 1 aliphatic heterocycles. The van der Waals surface area contributed by atoms with E-state index in [-0.39, 0.29) is 11.7 Å². The summed E-state index contributed by atoms with van der Waals surface area (Å²) in [6.45, 7) is 4.70. The van der Waals surface area contributed by atoms with Gasteiger partial charge in [0.1, 0.15) is 6.20 Å². The van der Waals surface area contributed by atoms with Crippen molar-refractivity contribution in [2.45, 2.75) is 32.2 Å². The van der Waals surface area contributed by atoms with Gasteiger partial charge in [-0.2, -0.15) is 4.98 Å². The van der Waals surface area contributed by atoms with Crippen LogP contribution in [0.1, 0.15) is 26.2 Å². The second-order valence-electron chi connectivity index (χ2n) is 5.36. The molecule has 0 saturated carbocycles. The average Bonchev–Trinajstić information content (AvgIpc) is 2.45. The quantitative estimate of drug-likeness (QED) is 0.609. The first-order chi connectivity index (χ1) is 10.1. The second kappa shape index (κ2) is 7.16. The molecule has 2 rings (SSSR count). The van der Waals surface area contributed by atoms with Crippen LogP contribution in [0.5, 0.6) is 0 Å². The van der Waals surface area contributed by atoms with Gasteiger partial charge < -0.3 is 15.5 Å². The zero-order valence-electron chi connectivity index (χ0n) is 12.5. The predicted octanol–water partition coefficient (Wildman–Crippen LogP) is 1.71. The maximum atomic E-state index is 11.1. The Bertz CT molecular complexity index is 496. The van der Waals surface area contributed by atoms with Crippen LogP contribution in [0.4, 0.5) is 17.5 Å². The zero-order chi connectivity index (χ0) is 15.2. The highest BCUT2D eigenvalue weighted by molar-refractivity contribution is 5.57. The number of likely N-dealkylation sites (tertiary alicyclic amines) is 1. The molecule has 0 radical (unpaired) electrons. The summed E-state index contributed by atoms with van der Waals surface area (Å²) < 4.78 is 0. The molecule has 2 heterocycles. The summed E-state index contributed by atoms with van der Waals surface area (Å²) in [5.41, 5.74) is -0.0784. The summed E-state index contributed by atoms with van der Waals surface area (Å²) in [7, 11) is 2.05. The maximum absolute atomic E-state index is 11.1. The Labute approximate surface area is 124 Å². The van der Waals surface area contributed by atoms with Crippen molar-refractivity contribution in [3.8, 4) is 0 Å². The van der Waals surface area contributed by atoms with E-state index in [9.17, 15) is 10.1 Å². The number of anilines is 2. The van der Waals surface area contributed by atoms with Crippen molar-refractivity contribution in [3.05, 3.63) is 16.3 Å². The molecule has 1 atom stereocenters. The average molecular weight is 294 g/mol. The predicted molar refractivity (Wildman–Crippen MR) is 81.6 cm³/mol. The summed E-state index contributed by atoms with van der Waals surface area (Å²) >= 11 is 0. The molecule has 0 bridgehead atoms. The number of nitro groups is 1. The van der Waals surface area contributed by atoms with Crippen molar-refractivity contribution in [3.63, 3.8) is 0 Å². The van der Waals surface area contributed by atoms with E-state index in [1.54, 1.807) is 0 Å². The second-order valence-corrected chi connectivity index (χ2v) is 5.36. The number of aromatic nitrogens is 2. The van der Waals surface area contributed by atoms with Crippen LogP contribution < -0.4 is 10.6 Å².